The van der Waals surface area contributed by atoms with E-state index in [0.29, 0.717) is 6.61 Å². The van der Waals surface area contributed by atoms with Crippen LogP contribution in [0.15, 0.2) is 18.2 Å². The molecule has 18 heavy (non-hydrogen) atoms. The van der Waals surface area contributed by atoms with Crippen molar-refractivity contribution in [1.82, 2.24) is 0 Å². The fraction of sp³-hybridized carbons (Fsp3) is 0.533. The van der Waals surface area contributed by atoms with Crippen LogP contribution in [0.1, 0.15) is 37.8 Å². The molecule has 0 amide bonds. The molecule has 0 unspecified atom stereocenters. The summed E-state index contributed by atoms with van der Waals surface area (Å²) in [4.78, 5) is 0. The minimum atomic E-state index is -0.230. The molecule has 0 radical (unpaired) electrons. The van der Waals surface area contributed by atoms with Crippen LogP contribution in [0.3, 0.4) is 0 Å². The fourth-order valence-electron chi connectivity index (χ4n) is 1.64. The summed E-state index contributed by atoms with van der Waals surface area (Å²) in [5.41, 5.74) is 7.84. The Morgan fingerprint density at radius 1 is 1.28 bits per heavy atom. The molecule has 1 aromatic carbocycles. The molecule has 0 aliphatic heterocycles. The van der Waals surface area contributed by atoms with Gasteiger partial charge < -0.3 is 10.5 Å². The molecule has 0 aromatic heterocycles. The summed E-state index contributed by atoms with van der Waals surface area (Å²) in [6.07, 6.45) is 1.77. The van der Waals surface area contributed by atoms with Crippen LogP contribution in [0.25, 0.3) is 0 Å². The Balaban J connectivity index is 2.38. The summed E-state index contributed by atoms with van der Waals surface area (Å²) >= 11 is 0. The highest BCUT2D eigenvalue weighted by atomic mass is 16.5. The monoisotopic (exact) mass is 248 g/mol. The minimum absolute atomic E-state index is 0.230. The van der Waals surface area contributed by atoms with Crippen molar-refractivity contribution in [3.8, 4) is 5.75 Å². The molecular weight excluding hydrogens is 224 g/mol. The highest BCUT2D eigenvalue weighted by molar-refractivity contribution is 5.82. The van der Waals surface area contributed by atoms with E-state index in [1.165, 1.54) is 11.1 Å². The third kappa shape index (κ3) is 4.06. The van der Waals surface area contributed by atoms with Crippen LogP contribution in [0.4, 0.5) is 0 Å². The van der Waals surface area contributed by atoms with Crippen LogP contribution < -0.4 is 10.5 Å². The molecular formula is C15H24N2O. The lowest BCUT2D eigenvalue weighted by atomic mass is 9.87. The summed E-state index contributed by atoms with van der Waals surface area (Å²) in [5.74, 6) is 1.16. The van der Waals surface area contributed by atoms with Crippen LogP contribution in [0, 0.1) is 24.7 Å². The zero-order valence-corrected chi connectivity index (χ0v) is 11.8. The van der Waals surface area contributed by atoms with E-state index in [9.17, 15) is 0 Å². The van der Waals surface area contributed by atoms with Crippen molar-refractivity contribution in [2.45, 2.75) is 40.5 Å². The maximum atomic E-state index is 7.49. The second-order valence-electron chi connectivity index (χ2n) is 5.50. The lowest BCUT2D eigenvalue weighted by Gasteiger charge is -2.22. The summed E-state index contributed by atoms with van der Waals surface area (Å²) in [7, 11) is 0. The van der Waals surface area contributed by atoms with Gasteiger partial charge in [-0.2, -0.15) is 0 Å². The number of hydrogen-bond donors (Lipinski definition) is 2. The molecule has 0 aliphatic carbocycles. The minimum Gasteiger partial charge on any atom is -0.494 e. The van der Waals surface area contributed by atoms with Crippen molar-refractivity contribution in [3.63, 3.8) is 0 Å². The van der Waals surface area contributed by atoms with Crippen molar-refractivity contribution in [2.75, 3.05) is 6.61 Å². The van der Waals surface area contributed by atoms with E-state index in [1.54, 1.807) is 0 Å². The topological polar surface area (TPSA) is 59.1 Å². The first-order valence-electron chi connectivity index (χ1n) is 6.37. The number of aryl methyl sites for hydroxylation is 2. The van der Waals surface area contributed by atoms with Crippen molar-refractivity contribution in [3.05, 3.63) is 29.3 Å². The van der Waals surface area contributed by atoms with Gasteiger partial charge in [0.25, 0.3) is 0 Å². The average Bonchev–Trinajstić information content (AvgIpc) is 2.29. The van der Waals surface area contributed by atoms with E-state index in [0.717, 1.165) is 18.6 Å². The van der Waals surface area contributed by atoms with Gasteiger partial charge in [-0.25, -0.2) is 0 Å². The van der Waals surface area contributed by atoms with Crippen LogP contribution >= 0.6 is 0 Å². The van der Waals surface area contributed by atoms with Crippen LogP contribution in [0.5, 0.6) is 5.75 Å². The lowest BCUT2D eigenvalue weighted by molar-refractivity contribution is 0.286. The third-order valence-electron chi connectivity index (χ3n) is 3.42. The van der Waals surface area contributed by atoms with Crippen molar-refractivity contribution in [1.29, 1.82) is 5.41 Å². The molecule has 0 heterocycles. The highest BCUT2D eigenvalue weighted by Crippen LogP contribution is 2.22. The van der Waals surface area contributed by atoms with Gasteiger partial charge in [-0.3, -0.25) is 5.41 Å². The molecule has 0 fully saturated rings. The summed E-state index contributed by atoms with van der Waals surface area (Å²) in [6, 6.07) is 6.13. The predicted octanol–water partition coefficient (Wildman–Crippen LogP) is 3.42. The van der Waals surface area contributed by atoms with Crippen molar-refractivity contribution < 1.29 is 4.74 Å². The molecule has 1 rings (SSSR count). The largest absolute Gasteiger partial charge is 0.494 e. The summed E-state index contributed by atoms with van der Waals surface area (Å²) in [6.45, 7) is 8.82. The average molecular weight is 248 g/mol. The first kappa shape index (κ1) is 14.6. The number of nitrogens with two attached hydrogens (primary N) is 1. The first-order valence-corrected chi connectivity index (χ1v) is 6.37. The Hall–Kier alpha value is -1.51. The Bertz CT molecular complexity index is 425. The van der Waals surface area contributed by atoms with Gasteiger partial charge in [-0.1, -0.05) is 19.9 Å². The van der Waals surface area contributed by atoms with E-state index in [4.69, 9.17) is 15.9 Å². The predicted molar refractivity (Wildman–Crippen MR) is 76.3 cm³/mol. The van der Waals surface area contributed by atoms with Gasteiger partial charge in [-0.05, 0) is 49.9 Å². The lowest BCUT2D eigenvalue weighted by Crippen LogP contribution is -2.31. The Kier molecular flexibility index (Phi) is 4.76. The molecule has 100 valence electrons. The smallest absolute Gasteiger partial charge is 0.119 e. The quantitative estimate of drug-likeness (QED) is 0.460. The zero-order chi connectivity index (χ0) is 13.8. The Morgan fingerprint density at radius 2 is 1.94 bits per heavy atom. The van der Waals surface area contributed by atoms with E-state index < -0.39 is 0 Å². The first-order chi connectivity index (χ1) is 8.33. The number of benzene rings is 1. The van der Waals surface area contributed by atoms with Gasteiger partial charge in [0.15, 0.2) is 0 Å². The Morgan fingerprint density at radius 3 is 2.50 bits per heavy atom. The van der Waals surface area contributed by atoms with Gasteiger partial charge in [0, 0.05) is 5.41 Å². The zero-order valence-electron chi connectivity index (χ0n) is 11.8. The van der Waals surface area contributed by atoms with E-state index >= 15 is 0 Å². The Labute approximate surface area is 110 Å². The second kappa shape index (κ2) is 5.89. The molecule has 0 saturated heterocycles. The van der Waals surface area contributed by atoms with E-state index in [1.807, 2.05) is 19.9 Å². The highest BCUT2D eigenvalue weighted by Gasteiger charge is 2.20. The van der Waals surface area contributed by atoms with Gasteiger partial charge in [0.1, 0.15) is 5.75 Å². The molecule has 3 nitrogen and oxygen atoms in total. The molecule has 0 bridgehead atoms. The van der Waals surface area contributed by atoms with E-state index in [2.05, 4.69) is 26.0 Å². The molecule has 3 heteroatoms. The van der Waals surface area contributed by atoms with Crippen molar-refractivity contribution in [2.24, 2.45) is 11.1 Å². The number of amidine groups is 1. The second-order valence-corrected chi connectivity index (χ2v) is 5.50. The third-order valence-corrected chi connectivity index (χ3v) is 3.42. The molecule has 0 saturated carbocycles. The molecule has 1 aromatic rings. The van der Waals surface area contributed by atoms with Crippen LogP contribution in [0.2, 0.25) is 0 Å². The summed E-state index contributed by atoms with van der Waals surface area (Å²) in [5, 5.41) is 7.49. The molecule has 0 spiro atoms. The standard InChI is InChI=1S/C15H24N2O/c1-11-6-7-13(10-12(11)2)18-9-5-8-15(3,4)14(16)17/h6-7,10H,5,8-9H2,1-4H3,(H3,16,17). The number of rotatable bonds is 6. The van der Waals surface area contributed by atoms with Crippen LogP contribution in [-0.2, 0) is 0 Å². The number of hydrogen-bond acceptors (Lipinski definition) is 2. The van der Waals surface area contributed by atoms with Crippen molar-refractivity contribution >= 4 is 5.84 Å². The fourth-order valence-corrected chi connectivity index (χ4v) is 1.64. The maximum Gasteiger partial charge on any atom is 0.119 e. The normalized spacial score (nSPS) is 11.3. The SMILES string of the molecule is Cc1ccc(OCCCC(C)(C)C(=N)N)cc1C. The molecule has 0 aliphatic rings. The van der Waals surface area contributed by atoms with Gasteiger partial charge in [0.2, 0.25) is 0 Å². The van der Waals surface area contributed by atoms with Gasteiger partial charge in [-0.15, -0.1) is 0 Å². The number of nitrogens with one attached hydrogen (secondary N) is 1. The van der Waals surface area contributed by atoms with Gasteiger partial charge in [0.05, 0.1) is 12.4 Å². The van der Waals surface area contributed by atoms with E-state index in [-0.39, 0.29) is 11.3 Å². The van der Waals surface area contributed by atoms with Gasteiger partial charge >= 0.3 is 0 Å². The molecule has 0 atom stereocenters. The maximum absolute atomic E-state index is 7.49. The molecule has 3 N–H and O–H groups in total. The number of ether oxygens (including phenoxy) is 1. The van der Waals surface area contributed by atoms with Crippen LogP contribution in [-0.4, -0.2) is 12.4 Å². The summed E-state index contributed by atoms with van der Waals surface area (Å²) < 4.78 is 5.71.